The van der Waals surface area contributed by atoms with Crippen LogP contribution in [0.5, 0.6) is 0 Å². The molecule has 3 aromatic rings. The van der Waals surface area contributed by atoms with Gasteiger partial charge < -0.3 is 14.6 Å². The van der Waals surface area contributed by atoms with E-state index in [1.807, 2.05) is 23.6 Å². The van der Waals surface area contributed by atoms with Gasteiger partial charge in [0.1, 0.15) is 16.3 Å². The van der Waals surface area contributed by atoms with E-state index in [0.717, 1.165) is 43.2 Å². The molecule has 1 fully saturated rings. The number of rotatable bonds is 2. The summed E-state index contributed by atoms with van der Waals surface area (Å²) in [5, 5.41) is 1.87. The Morgan fingerprint density at radius 2 is 2.09 bits per heavy atom. The topological polar surface area (TPSA) is 71.1 Å². The number of hydrogen-bond acceptors (Lipinski definition) is 6. The number of fused-ring (bicyclic) bond motifs is 1. The lowest BCUT2D eigenvalue weighted by Crippen LogP contribution is -2.36. The number of hydrogen-bond donors (Lipinski definition) is 1. The van der Waals surface area contributed by atoms with E-state index >= 15 is 0 Å². The van der Waals surface area contributed by atoms with Crippen LogP contribution in [0.3, 0.4) is 0 Å². The van der Waals surface area contributed by atoms with Gasteiger partial charge in [0, 0.05) is 24.8 Å². The van der Waals surface area contributed by atoms with Gasteiger partial charge in [-0.1, -0.05) is 0 Å². The van der Waals surface area contributed by atoms with Crippen molar-refractivity contribution in [1.82, 2.24) is 15.0 Å². The van der Waals surface area contributed by atoms with Gasteiger partial charge in [0.25, 0.3) is 5.56 Å². The van der Waals surface area contributed by atoms with Gasteiger partial charge in [0.2, 0.25) is 0 Å². The molecule has 0 unspecified atom stereocenters. The summed E-state index contributed by atoms with van der Waals surface area (Å²) in [5.41, 5.74) is 1.43. The molecule has 0 saturated carbocycles. The SMILES string of the molecule is O=c1[nH]c(-c2ccc(N3CCOCC3)nc2)nc2ccsc12. The van der Waals surface area contributed by atoms with Crippen LogP contribution < -0.4 is 10.5 Å². The lowest BCUT2D eigenvalue weighted by Gasteiger charge is -2.27. The second-order valence-corrected chi connectivity index (χ2v) is 5.97. The van der Waals surface area contributed by atoms with Crippen molar-refractivity contribution in [2.75, 3.05) is 31.2 Å². The number of anilines is 1. The van der Waals surface area contributed by atoms with Gasteiger partial charge in [-0.25, -0.2) is 9.97 Å². The van der Waals surface area contributed by atoms with Gasteiger partial charge in [0.15, 0.2) is 0 Å². The second-order valence-electron chi connectivity index (χ2n) is 5.05. The van der Waals surface area contributed by atoms with Crippen molar-refractivity contribution in [3.8, 4) is 11.4 Å². The van der Waals surface area contributed by atoms with Gasteiger partial charge in [-0.2, -0.15) is 0 Å². The molecular formula is C15H14N4O2S. The smallest absolute Gasteiger partial charge is 0.269 e. The number of nitrogens with zero attached hydrogens (tertiary/aromatic N) is 3. The summed E-state index contributed by atoms with van der Waals surface area (Å²) in [6, 6.07) is 5.75. The van der Waals surface area contributed by atoms with Crippen molar-refractivity contribution in [1.29, 1.82) is 0 Å². The quantitative estimate of drug-likeness (QED) is 0.782. The van der Waals surface area contributed by atoms with Crippen molar-refractivity contribution >= 4 is 27.4 Å². The summed E-state index contributed by atoms with van der Waals surface area (Å²) in [6.45, 7) is 3.16. The molecule has 0 amide bonds. The van der Waals surface area contributed by atoms with Crippen molar-refractivity contribution in [3.05, 3.63) is 40.1 Å². The fourth-order valence-electron chi connectivity index (χ4n) is 2.52. The van der Waals surface area contributed by atoms with E-state index in [-0.39, 0.29) is 5.56 Å². The maximum Gasteiger partial charge on any atom is 0.269 e. The highest BCUT2D eigenvalue weighted by Gasteiger charge is 2.13. The number of nitrogens with one attached hydrogen (secondary N) is 1. The average molecular weight is 314 g/mol. The molecule has 0 bridgehead atoms. The molecule has 4 rings (SSSR count). The lowest BCUT2D eigenvalue weighted by molar-refractivity contribution is 0.122. The number of pyridine rings is 1. The van der Waals surface area contributed by atoms with Gasteiger partial charge in [-0.05, 0) is 23.6 Å². The van der Waals surface area contributed by atoms with E-state index in [4.69, 9.17) is 4.74 Å². The largest absolute Gasteiger partial charge is 0.378 e. The summed E-state index contributed by atoms with van der Waals surface area (Å²) in [6.07, 6.45) is 1.75. The maximum absolute atomic E-state index is 12.0. The highest BCUT2D eigenvalue weighted by Crippen LogP contribution is 2.21. The Morgan fingerprint density at radius 3 is 2.86 bits per heavy atom. The third-order valence-electron chi connectivity index (χ3n) is 3.67. The molecule has 1 saturated heterocycles. The fourth-order valence-corrected chi connectivity index (χ4v) is 3.24. The van der Waals surface area contributed by atoms with E-state index in [1.165, 1.54) is 11.3 Å². The molecule has 1 aliphatic heterocycles. The number of aromatic amines is 1. The summed E-state index contributed by atoms with van der Waals surface area (Å²) < 4.78 is 6.00. The zero-order valence-electron chi connectivity index (χ0n) is 11.8. The number of ether oxygens (including phenoxy) is 1. The number of morpholine rings is 1. The second kappa shape index (κ2) is 5.51. The molecule has 22 heavy (non-hydrogen) atoms. The van der Waals surface area contributed by atoms with Crippen LogP contribution in [0.4, 0.5) is 5.82 Å². The van der Waals surface area contributed by atoms with Crippen molar-refractivity contribution < 1.29 is 4.74 Å². The molecule has 0 aliphatic carbocycles. The highest BCUT2D eigenvalue weighted by atomic mass is 32.1. The predicted molar refractivity (Wildman–Crippen MR) is 86.5 cm³/mol. The lowest BCUT2D eigenvalue weighted by atomic mass is 10.2. The number of H-pyrrole nitrogens is 1. The van der Waals surface area contributed by atoms with Gasteiger partial charge >= 0.3 is 0 Å². The monoisotopic (exact) mass is 314 g/mol. The minimum Gasteiger partial charge on any atom is -0.378 e. The minimum atomic E-state index is -0.104. The Balaban J connectivity index is 1.68. The van der Waals surface area contributed by atoms with Gasteiger partial charge in [0.05, 0.1) is 18.7 Å². The van der Waals surface area contributed by atoms with Crippen LogP contribution in [0.25, 0.3) is 21.6 Å². The van der Waals surface area contributed by atoms with Gasteiger partial charge in [-0.15, -0.1) is 11.3 Å². The molecule has 7 heteroatoms. The highest BCUT2D eigenvalue weighted by molar-refractivity contribution is 7.17. The van der Waals surface area contributed by atoms with Crippen molar-refractivity contribution in [3.63, 3.8) is 0 Å². The molecule has 3 aromatic heterocycles. The predicted octanol–water partition coefficient (Wildman–Crippen LogP) is 1.88. The number of thiophene rings is 1. The van der Waals surface area contributed by atoms with Gasteiger partial charge in [-0.3, -0.25) is 4.79 Å². The van der Waals surface area contributed by atoms with E-state index < -0.39 is 0 Å². The first-order valence-electron chi connectivity index (χ1n) is 7.08. The standard InChI is InChI=1S/C15H14N4O2S/c20-15-13-11(3-8-22-13)17-14(18-15)10-1-2-12(16-9-10)19-4-6-21-7-5-19/h1-3,8-9H,4-7H2,(H,17,18,20). The first-order valence-corrected chi connectivity index (χ1v) is 7.96. The molecular weight excluding hydrogens is 300 g/mol. The Bertz CT molecular complexity index is 850. The molecule has 0 radical (unpaired) electrons. The van der Waals surface area contributed by atoms with Crippen LogP contribution in [0, 0.1) is 0 Å². The normalized spacial score (nSPS) is 15.4. The summed E-state index contributed by atoms with van der Waals surface area (Å²) in [5.74, 6) is 1.47. The first-order chi connectivity index (χ1) is 10.8. The first kappa shape index (κ1) is 13.4. The molecule has 1 aliphatic rings. The van der Waals surface area contributed by atoms with E-state index in [1.54, 1.807) is 6.20 Å². The van der Waals surface area contributed by atoms with E-state index in [0.29, 0.717) is 10.5 Å². The Labute approximate surface area is 130 Å². The van der Waals surface area contributed by atoms with Crippen LogP contribution >= 0.6 is 11.3 Å². The van der Waals surface area contributed by atoms with E-state index in [9.17, 15) is 4.79 Å². The maximum atomic E-state index is 12.0. The molecule has 0 atom stereocenters. The summed E-state index contributed by atoms with van der Waals surface area (Å²) >= 11 is 1.40. The third-order valence-corrected chi connectivity index (χ3v) is 4.57. The molecule has 0 spiro atoms. The molecule has 112 valence electrons. The van der Waals surface area contributed by atoms with Crippen LogP contribution in [-0.2, 0) is 4.74 Å². The Morgan fingerprint density at radius 1 is 1.23 bits per heavy atom. The Hall–Kier alpha value is -2.25. The third kappa shape index (κ3) is 2.38. The van der Waals surface area contributed by atoms with Crippen LogP contribution in [-0.4, -0.2) is 41.3 Å². The molecule has 1 N–H and O–H groups in total. The van der Waals surface area contributed by atoms with Crippen LogP contribution in [0.15, 0.2) is 34.6 Å². The van der Waals surface area contributed by atoms with Crippen LogP contribution in [0.1, 0.15) is 0 Å². The van der Waals surface area contributed by atoms with Crippen LogP contribution in [0.2, 0.25) is 0 Å². The fraction of sp³-hybridized carbons (Fsp3) is 0.267. The minimum absolute atomic E-state index is 0.104. The number of aromatic nitrogens is 3. The molecule has 0 aromatic carbocycles. The zero-order valence-corrected chi connectivity index (χ0v) is 12.6. The molecule has 4 heterocycles. The van der Waals surface area contributed by atoms with E-state index in [2.05, 4.69) is 19.9 Å². The molecule has 6 nitrogen and oxygen atoms in total. The average Bonchev–Trinajstić information content (AvgIpc) is 3.05. The van der Waals surface area contributed by atoms with Crippen molar-refractivity contribution in [2.24, 2.45) is 0 Å². The summed E-state index contributed by atoms with van der Waals surface area (Å²) in [4.78, 5) is 26.0. The van der Waals surface area contributed by atoms with Crippen molar-refractivity contribution in [2.45, 2.75) is 0 Å². The zero-order chi connectivity index (χ0) is 14.9. The summed E-state index contributed by atoms with van der Waals surface area (Å²) in [7, 11) is 0. The Kier molecular flexibility index (Phi) is 3.36.